The number of ether oxygens (including phenoxy) is 2. The lowest BCUT2D eigenvalue weighted by Crippen LogP contribution is -2.66. The van der Waals surface area contributed by atoms with Crippen molar-refractivity contribution >= 4 is 17.4 Å². The molecule has 4 N–H and O–H groups in total. The van der Waals surface area contributed by atoms with E-state index in [4.69, 9.17) is 26.8 Å². The predicted octanol–water partition coefficient (Wildman–Crippen LogP) is 2.89. The fourth-order valence-corrected chi connectivity index (χ4v) is 4.51. The standard InChI is InChI=1S/C24H25ClN6O2/c1-27-23-18-13-33-12-17(15-6-4-3-5-7-15)22(18)29-24(26,30-23)16-8-9-19(20(10-16)32-2)31-11-21(25)28-14-31/h3-11,14,17,29H,12-13,26H2,1-2H3,(H,27,30). The number of halogens is 1. The molecule has 0 aliphatic carbocycles. The average Bonchev–Trinajstić information content (AvgIpc) is 3.29. The number of methoxy groups -OCH3 is 1. The van der Waals surface area contributed by atoms with E-state index in [-0.39, 0.29) is 5.92 Å². The van der Waals surface area contributed by atoms with Crippen molar-refractivity contribution in [3.8, 4) is 11.4 Å². The summed E-state index contributed by atoms with van der Waals surface area (Å²) in [5, 5.41) is 7.33. The molecule has 0 saturated heterocycles. The van der Waals surface area contributed by atoms with E-state index in [2.05, 4.69) is 32.7 Å². The Hall–Kier alpha value is -3.33. The molecule has 170 valence electrons. The van der Waals surface area contributed by atoms with Gasteiger partial charge in [0.1, 0.15) is 23.1 Å². The Balaban J connectivity index is 1.56. The minimum Gasteiger partial charge on any atom is -0.495 e. The molecule has 2 unspecified atom stereocenters. The van der Waals surface area contributed by atoms with E-state index in [1.165, 1.54) is 0 Å². The summed E-state index contributed by atoms with van der Waals surface area (Å²) in [7, 11) is 3.37. The second-order valence-electron chi connectivity index (χ2n) is 7.99. The molecule has 0 radical (unpaired) electrons. The van der Waals surface area contributed by atoms with Crippen molar-refractivity contribution in [2.75, 3.05) is 27.4 Å². The molecule has 3 heterocycles. The number of amidine groups is 1. The third kappa shape index (κ3) is 3.86. The lowest BCUT2D eigenvalue weighted by molar-refractivity contribution is 0.125. The lowest BCUT2D eigenvalue weighted by atomic mass is 9.88. The van der Waals surface area contributed by atoms with Crippen LogP contribution in [0, 0.1) is 0 Å². The zero-order valence-electron chi connectivity index (χ0n) is 18.4. The summed E-state index contributed by atoms with van der Waals surface area (Å²) in [5.74, 6) is 0.259. The van der Waals surface area contributed by atoms with Crippen LogP contribution < -0.4 is 21.1 Å². The quantitative estimate of drug-likeness (QED) is 0.549. The molecule has 1 aromatic heterocycles. The van der Waals surface area contributed by atoms with Crippen molar-refractivity contribution in [1.82, 2.24) is 20.2 Å². The van der Waals surface area contributed by atoms with E-state index in [1.54, 1.807) is 31.2 Å². The van der Waals surface area contributed by atoms with Crippen LogP contribution in [0.15, 0.2) is 77.3 Å². The summed E-state index contributed by atoms with van der Waals surface area (Å²) in [6, 6.07) is 16.0. The second kappa shape index (κ2) is 8.55. The van der Waals surface area contributed by atoms with Crippen LogP contribution in [0.2, 0.25) is 5.15 Å². The highest BCUT2D eigenvalue weighted by atomic mass is 35.5. The molecule has 9 heteroatoms. The summed E-state index contributed by atoms with van der Waals surface area (Å²) >= 11 is 6.00. The number of aliphatic imine (C=N–C) groups is 1. The van der Waals surface area contributed by atoms with Crippen molar-refractivity contribution in [3.05, 3.63) is 88.6 Å². The van der Waals surface area contributed by atoms with E-state index < -0.39 is 5.79 Å². The maximum atomic E-state index is 6.94. The van der Waals surface area contributed by atoms with Crippen LogP contribution in [-0.2, 0) is 10.5 Å². The number of rotatable bonds is 4. The summed E-state index contributed by atoms with van der Waals surface area (Å²) in [4.78, 5) is 8.57. The molecule has 2 aromatic carbocycles. The van der Waals surface area contributed by atoms with Gasteiger partial charge in [0, 0.05) is 36.0 Å². The minimum absolute atomic E-state index is 0.0194. The highest BCUT2D eigenvalue weighted by Gasteiger charge is 2.40. The van der Waals surface area contributed by atoms with Crippen molar-refractivity contribution < 1.29 is 9.47 Å². The van der Waals surface area contributed by atoms with Gasteiger partial charge in [-0.2, -0.15) is 0 Å². The lowest BCUT2D eigenvalue weighted by Gasteiger charge is -2.44. The van der Waals surface area contributed by atoms with Crippen LogP contribution in [0.1, 0.15) is 17.0 Å². The number of hydrogen-bond acceptors (Lipinski definition) is 6. The van der Waals surface area contributed by atoms with Crippen molar-refractivity contribution in [2.24, 2.45) is 10.7 Å². The molecule has 2 aliphatic rings. The Morgan fingerprint density at radius 1 is 1.24 bits per heavy atom. The molecular weight excluding hydrogens is 440 g/mol. The van der Waals surface area contributed by atoms with E-state index >= 15 is 0 Å². The van der Waals surface area contributed by atoms with Crippen molar-refractivity contribution in [1.29, 1.82) is 0 Å². The summed E-state index contributed by atoms with van der Waals surface area (Å²) < 4.78 is 13.4. The van der Waals surface area contributed by atoms with E-state index in [0.717, 1.165) is 28.1 Å². The molecule has 0 amide bonds. The van der Waals surface area contributed by atoms with E-state index in [1.807, 2.05) is 36.4 Å². The molecular formula is C24H25ClN6O2. The molecule has 3 aromatic rings. The first kappa shape index (κ1) is 21.5. The maximum absolute atomic E-state index is 6.94. The number of nitrogens with zero attached hydrogens (tertiary/aromatic N) is 3. The predicted molar refractivity (Wildman–Crippen MR) is 128 cm³/mol. The van der Waals surface area contributed by atoms with Gasteiger partial charge in [0.2, 0.25) is 0 Å². The van der Waals surface area contributed by atoms with Gasteiger partial charge in [-0.1, -0.05) is 48.0 Å². The highest BCUT2D eigenvalue weighted by molar-refractivity contribution is 6.29. The normalized spacial score (nSPS) is 23.6. The molecule has 8 nitrogen and oxygen atoms in total. The van der Waals surface area contributed by atoms with Crippen LogP contribution in [0.25, 0.3) is 5.69 Å². The third-order valence-corrected chi connectivity index (χ3v) is 6.22. The Labute approximate surface area is 197 Å². The number of hydrogen-bond donors (Lipinski definition) is 3. The smallest absolute Gasteiger partial charge is 0.190 e. The van der Waals surface area contributed by atoms with Gasteiger partial charge in [-0.25, -0.2) is 4.98 Å². The van der Waals surface area contributed by atoms with Crippen LogP contribution >= 0.6 is 11.6 Å². The summed E-state index contributed by atoms with van der Waals surface area (Å²) in [5.41, 5.74) is 11.7. The second-order valence-corrected chi connectivity index (χ2v) is 8.38. The molecule has 33 heavy (non-hydrogen) atoms. The molecule has 0 fully saturated rings. The Bertz CT molecular complexity index is 1240. The van der Waals surface area contributed by atoms with Crippen molar-refractivity contribution in [2.45, 2.75) is 11.7 Å². The summed E-state index contributed by atoms with van der Waals surface area (Å²) in [6.45, 7) is 1.03. The Kier molecular flexibility index (Phi) is 5.57. The average molecular weight is 465 g/mol. The van der Waals surface area contributed by atoms with Gasteiger partial charge in [-0.3, -0.25) is 10.7 Å². The first-order valence-electron chi connectivity index (χ1n) is 10.6. The minimum atomic E-state index is -1.10. The first-order valence-corrected chi connectivity index (χ1v) is 11.0. The van der Waals surface area contributed by atoms with Gasteiger partial charge < -0.3 is 24.7 Å². The topological polar surface area (TPSA) is 98.7 Å². The zero-order valence-corrected chi connectivity index (χ0v) is 19.1. The van der Waals surface area contributed by atoms with Gasteiger partial charge in [0.25, 0.3) is 0 Å². The number of aromatic nitrogens is 2. The van der Waals surface area contributed by atoms with Crippen LogP contribution in [0.3, 0.4) is 0 Å². The molecule has 0 bridgehead atoms. The summed E-state index contributed by atoms with van der Waals surface area (Å²) in [6.07, 6.45) is 3.36. The van der Waals surface area contributed by atoms with Crippen LogP contribution in [0.4, 0.5) is 0 Å². The number of nitrogens with one attached hydrogen (secondary N) is 2. The molecule has 2 atom stereocenters. The third-order valence-electron chi connectivity index (χ3n) is 6.03. The Morgan fingerprint density at radius 3 is 2.76 bits per heavy atom. The molecule has 2 aliphatic heterocycles. The highest BCUT2D eigenvalue weighted by Crippen LogP contribution is 2.36. The van der Waals surface area contributed by atoms with Gasteiger partial charge in [0.15, 0.2) is 5.79 Å². The van der Waals surface area contributed by atoms with Crippen LogP contribution in [0.5, 0.6) is 5.75 Å². The van der Waals surface area contributed by atoms with E-state index in [9.17, 15) is 0 Å². The number of imidazole rings is 1. The largest absolute Gasteiger partial charge is 0.495 e. The maximum Gasteiger partial charge on any atom is 0.190 e. The Morgan fingerprint density at radius 2 is 2.06 bits per heavy atom. The van der Waals surface area contributed by atoms with Gasteiger partial charge in [-0.15, -0.1) is 0 Å². The van der Waals surface area contributed by atoms with E-state index in [0.29, 0.717) is 30.0 Å². The fourth-order valence-electron chi connectivity index (χ4n) is 4.36. The first-order chi connectivity index (χ1) is 16.0. The number of nitrogens with two attached hydrogens (primary N) is 1. The van der Waals surface area contributed by atoms with Gasteiger partial charge in [-0.05, 0) is 17.7 Å². The molecule has 0 saturated carbocycles. The number of benzene rings is 2. The fraction of sp³-hybridized carbons (Fsp3) is 0.250. The molecule has 0 spiro atoms. The van der Waals surface area contributed by atoms with Gasteiger partial charge in [0.05, 0.1) is 26.0 Å². The van der Waals surface area contributed by atoms with Crippen molar-refractivity contribution in [3.63, 3.8) is 0 Å². The SMILES string of the molecule is CN=C1NC(N)(c2ccc(-n3cnc(Cl)c3)c(OC)c2)NC2=C1COCC2c1ccccc1. The zero-order chi connectivity index (χ0) is 23.0. The monoisotopic (exact) mass is 464 g/mol. The van der Waals surface area contributed by atoms with Crippen LogP contribution in [-0.4, -0.2) is 42.8 Å². The molecule has 5 rings (SSSR count). The van der Waals surface area contributed by atoms with Gasteiger partial charge >= 0.3 is 0 Å².